The minimum absolute atomic E-state index is 0.0541. The van der Waals surface area contributed by atoms with E-state index in [9.17, 15) is 13.2 Å². The van der Waals surface area contributed by atoms with Crippen molar-refractivity contribution in [3.8, 4) is 0 Å². The summed E-state index contributed by atoms with van der Waals surface area (Å²) in [6.07, 6.45) is 0. The summed E-state index contributed by atoms with van der Waals surface area (Å²) in [5, 5.41) is 0. The van der Waals surface area contributed by atoms with Gasteiger partial charge in [0.1, 0.15) is 0 Å². The van der Waals surface area contributed by atoms with Crippen LogP contribution in [0.25, 0.3) is 0 Å². The van der Waals surface area contributed by atoms with Gasteiger partial charge in [-0.25, -0.2) is 8.42 Å². The second-order valence-corrected chi connectivity index (χ2v) is 7.63. The Hall–Kier alpha value is -1.08. The Morgan fingerprint density at radius 3 is 2.47 bits per heavy atom. The fourth-order valence-electron chi connectivity index (χ4n) is 1.67. The van der Waals surface area contributed by atoms with Crippen LogP contribution in [0.4, 0.5) is 5.69 Å². The molecule has 1 aromatic heterocycles. The molecular weight excluding hydrogens is 260 g/mol. The van der Waals surface area contributed by atoms with Crippen LogP contribution in [0.1, 0.15) is 14.5 Å². The number of nitrogen functional groups attached to an aromatic ring is 1. The van der Waals surface area contributed by atoms with Crippen molar-refractivity contribution in [3.63, 3.8) is 0 Å². The van der Waals surface area contributed by atoms with Crippen molar-refractivity contribution in [2.24, 2.45) is 0 Å². The highest BCUT2D eigenvalue weighted by atomic mass is 32.2. The second kappa shape index (κ2) is 4.30. The molecule has 0 radical (unpaired) electrons. The van der Waals surface area contributed by atoms with Gasteiger partial charge in [-0.05, 0) is 13.0 Å². The van der Waals surface area contributed by atoms with E-state index in [2.05, 4.69) is 0 Å². The topological polar surface area (TPSA) is 80.5 Å². The molecule has 17 heavy (non-hydrogen) atoms. The van der Waals surface area contributed by atoms with Gasteiger partial charge in [-0.1, -0.05) is 0 Å². The number of anilines is 1. The lowest BCUT2D eigenvalue weighted by Gasteiger charge is -2.26. The molecule has 1 aliphatic rings. The van der Waals surface area contributed by atoms with Crippen LogP contribution >= 0.6 is 11.3 Å². The van der Waals surface area contributed by atoms with E-state index in [1.54, 1.807) is 11.0 Å². The molecule has 0 atom stereocenters. The van der Waals surface area contributed by atoms with Crippen LogP contribution in [0.2, 0.25) is 0 Å². The van der Waals surface area contributed by atoms with E-state index in [1.807, 2.05) is 6.92 Å². The van der Waals surface area contributed by atoms with E-state index in [-0.39, 0.29) is 30.5 Å². The molecule has 0 unspecified atom stereocenters. The number of aryl methyl sites for hydroxylation is 1. The van der Waals surface area contributed by atoms with Gasteiger partial charge >= 0.3 is 0 Å². The van der Waals surface area contributed by atoms with Crippen LogP contribution < -0.4 is 5.73 Å². The van der Waals surface area contributed by atoms with Crippen LogP contribution in [-0.2, 0) is 9.84 Å². The molecule has 1 aromatic rings. The average Bonchev–Trinajstić information content (AvgIpc) is 2.58. The first-order valence-electron chi connectivity index (χ1n) is 5.25. The zero-order valence-corrected chi connectivity index (χ0v) is 11.1. The molecular formula is C10H14N2O3S2. The lowest BCUT2D eigenvalue weighted by molar-refractivity contribution is 0.0775. The van der Waals surface area contributed by atoms with Crippen molar-refractivity contribution in [3.05, 3.63) is 15.8 Å². The van der Waals surface area contributed by atoms with Gasteiger partial charge in [0.2, 0.25) is 0 Å². The van der Waals surface area contributed by atoms with Crippen molar-refractivity contribution < 1.29 is 13.2 Å². The minimum Gasteiger partial charge on any atom is -0.398 e. The summed E-state index contributed by atoms with van der Waals surface area (Å²) in [5.74, 6) is -0.0124. The first-order valence-corrected chi connectivity index (χ1v) is 7.88. The van der Waals surface area contributed by atoms with Crippen molar-refractivity contribution >= 4 is 32.8 Å². The third kappa shape index (κ3) is 2.61. The number of hydrogen-bond acceptors (Lipinski definition) is 5. The Bertz CT molecular complexity index is 514. The molecule has 0 aliphatic carbocycles. The third-order valence-electron chi connectivity index (χ3n) is 2.80. The molecule has 1 aliphatic heterocycles. The molecule has 0 aromatic carbocycles. The number of carbonyl (C=O) groups is 1. The Kier molecular flexibility index (Phi) is 3.13. The Morgan fingerprint density at radius 1 is 1.41 bits per heavy atom. The summed E-state index contributed by atoms with van der Waals surface area (Å²) in [6.45, 7) is 2.41. The van der Waals surface area contributed by atoms with E-state index < -0.39 is 9.84 Å². The second-order valence-electron chi connectivity index (χ2n) is 4.07. The molecule has 0 saturated carbocycles. The summed E-state index contributed by atoms with van der Waals surface area (Å²) in [4.78, 5) is 15.1. The number of nitrogens with zero attached hydrogens (tertiary/aromatic N) is 1. The number of hydrogen-bond donors (Lipinski definition) is 1. The predicted octanol–water partition coefficient (Wildman–Crippen LogP) is 0.509. The van der Waals surface area contributed by atoms with Crippen LogP contribution in [0.5, 0.6) is 0 Å². The maximum absolute atomic E-state index is 12.1. The highest BCUT2D eigenvalue weighted by molar-refractivity contribution is 7.91. The van der Waals surface area contributed by atoms with Crippen LogP contribution in [0, 0.1) is 6.92 Å². The Balaban J connectivity index is 2.12. The summed E-state index contributed by atoms with van der Waals surface area (Å²) in [5.41, 5.74) is 6.31. The quantitative estimate of drug-likeness (QED) is 0.809. The molecule has 1 saturated heterocycles. The Morgan fingerprint density at radius 2 is 2.00 bits per heavy atom. The van der Waals surface area contributed by atoms with Crippen molar-refractivity contribution in [2.45, 2.75) is 6.92 Å². The Labute approximate surface area is 104 Å². The maximum atomic E-state index is 12.1. The molecule has 1 fully saturated rings. The fraction of sp³-hybridized carbons (Fsp3) is 0.500. The SMILES string of the molecule is Cc1sc(C(=O)N2CCS(=O)(=O)CC2)cc1N. The van der Waals surface area contributed by atoms with E-state index in [1.165, 1.54) is 11.3 Å². The number of sulfone groups is 1. The summed E-state index contributed by atoms with van der Waals surface area (Å²) < 4.78 is 22.5. The fourth-order valence-corrected chi connectivity index (χ4v) is 3.78. The summed E-state index contributed by atoms with van der Waals surface area (Å²) >= 11 is 1.35. The highest BCUT2D eigenvalue weighted by Crippen LogP contribution is 2.25. The molecule has 2 rings (SSSR count). The van der Waals surface area contributed by atoms with Crippen LogP contribution in [0.3, 0.4) is 0 Å². The molecule has 0 bridgehead atoms. The van der Waals surface area contributed by atoms with Crippen molar-refractivity contribution in [1.29, 1.82) is 0 Å². The van der Waals surface area contributed by atoms with Gasteiger partial charge in [0.25, 0.3) is 5.91 Å². The van der Waals surface area contributed by atoms with Crippen LogP contribution in [-0.4, -0.2) is 43.8 Å². The minimum atomic E-state index is -2.95. The van der Waals surface area contributed by atoms with Gasteiger partial charge < -0.3 is 10.6 Å². The number of nitrogens with two attached hydrogens (primary N) is 1. The first kappa shape index (κ1) is 12.4. The van der Waals surface area contributed by atoms with Gasteiger partial charge in [0, 0.05) is 23.7 Å². The zero-order chi connectivity index (χ0) is 12.6. The van der Waals surface area contributed by atoms with Gasteiger partial charge in [-0.15, -0.1) is 11.3 Å². The summed E-state index contributed by atoms with van der Waals surface area (Å²) in [7, 11) is -2.95. The zero-order valence-electron chi connectivity index (χ0n) is 9.47. The van der Waals surface area contributed by atoms with Gasteiger partial charge in [-0.3, -0.25) is 4.79 Å². The van der Waals surface area contributed by atoms with Gasteiger partial charge in [0.15, 0.2) is 9.84 Å². The number of rotatable bonds is 1. The monoisotopic (exact) mass is 274 g/mol. The van der Waals surface area contributed by atoms with E-state index >= 15 is 0 Å². The third-order valence-corrected chi connectivity index (χ3v) is 5.46. The lowest BCUT2D eigenvalue weighted by atomic mass is 10.3. The molecule has 2 N–H and O–H groups in total. The normalized spacial score (nSPS) is 19.2. The molecule has 0 spiro atoms. The maximum Gasteiger partial charge on any atom is 0.264 e. The van der Waals surface area contributed by atoms with E-state index in [0.717, 1.165) is 4.88 Å². The van der Waals surface area contributed by atoms with E-state index in [4.69, 9.17) is 5.73 Å². The number of amides is 1. The standard InChI is InChI=1S/C10H14N2O3S2/c1-7-8(11)6-9(16-7)10(13)12-2-4-17(14,15)5-3-12/h6H,2-5,11H2,1H3. The van der Waals surface area contributed by atoms with Gasteiger partial charge in [-0.2, -0.15) is 0 Å². The number of thiophene rings is 1. The smallest absolute Gasteiger partial charge is 0.264 e. The number of carbonyl (C=O) groups excluding carboxylic acids is 1. The first-order chi connectivity index (χ1) is 7.89. The predicted molar refractivity (Wildman–Crippen MR) is 68.0 cm³/mol. The molecule has 94 valence electrons. The van der Waals surface area contributed by atoms with E-state index in [0.29, 0.717) is 10.6 Å². The van der Waals surface area contributed by atoms with Crippen LogP contribution in [0.15, 0.2) is 6.07 Å². The largest absolute Gasteiger partial charge is 0.398 e. The molecule has 1 amide bonds. The van der Waals surface area contributed by atoms with Crippen molar-refractivity contribution in [2.75, 3.05) is 30.3 Å². The van der Waals surface area contributed by atoms with Gasteiger partial charge in [0.05, 0.1) is 16.4 Å². The molecule has 7 heteroatoms. The summed E-state index contributed by atoms with van der Waals surface area (Å²) in [6, 6.07) is 1.66. The van der Waals surface area contributed by atoms with Crippen molar-refractivity contribution in [1.82, 2.24) is 4.90 Å². The highest BCUT2D eigenvalue weighted by Gasteiger charge is 2.26. The molecule has 5 nitrogen and oxygen atoms in total. The lowest BCUT2D eigenvalue weighted by Crippen LogP contribution is -2.43. The average molecular weight is 274 g/mol. The molecule has 2 heterocycles.